The highest BCUT2D eigenvalue weighted by Crippen LogP contribution is 2.26. The van der Waals surface area contributed by atoms with Crippen molar-refractivity contribution in [2.75, 3.05) is 6.61 Å². The summed E-state index contributed by atoms with van der Waals surface area (Å²) in [7, 11) is 0. The van der Waals surface area contributed by atoms with Crippen LogP contribution in [0.25, 0.3) is 0 Å². The first kappa shape index (κ1) is 12.2. The second-order valence-corrected chi connectivity index (χ2v) is 4.24. The van der Waals surface area contributed by atoms with Gasteiger partial charge in [-0.1, -0.05) is 6.92 Å². The number of hydrogen-bond acceptors (Lipinski definition) is 3. The first-order valence-corrected chi connectivity index (χ1v) is 5.54. The van der Waals surface area contributed by atoms with Gasteiger partial charge in [-0.2, -0.15) is 0 Å². The molecule has 0 bridgehead atoms. The van der Waals surface area contributed by atoms with E-state index in [-0.39, 0.29) is 5.78 Å². The lowest BCUT2D eigenvalue weighted by atomic mass is 10.1. The molecule has 0 radical (unpaired) electrons. The van der Waals surface area contributed by atoms with Gasteiger partial charge in [-0.15, -0.1) is 23.2 Å². The molecule has 0 amide bonds. The van der Waals surface area contributed by atoms with E-state index in [0.29, 0.717) is 6.61 Å². The summed E-state index contributed by atoms with van der Waals surface area (Å²) in [6.07, 6.45) is -0.236. The number of alkyl halides is 2. The van der Waals surface area contributed by atoms with Crippen LogP contribution in [0.3, 0.4) is 0 Å². The van der Waals surface area contributed by atoms with E-state index >= 15 is 0 Å². The SMILES string of the molecule is CCCOC1OC(C)C(=O)C(Cl)C1Cl. The Kier molecular flexibility index (Phi) is 4.64. The van der Waals surface area contributed by atoms with E-state index in [2.05, 4.69) is 0 Å². The van der Waals surface area contributed by atoms with E-state index in [1.807, 2.05) is 6.92 Å². The van der Waals surface area contributed by atoms with Crippen molar-refractivity contribution in [2.24, 2.45) is 0 Å². The van der Waals surface area contributed by atoms with Crippen molar-refractivity contribution in [3.05, 3.63) is 0 Å². The molecule has 1 aliphatic rings. The van der Waals surface area contributed by atoms with Crippen molar-refractivity contribution in [3.8, 4) is 0 Å². The number of ether oxygens (including phenoxy) is 2. The van der Waals surface area contributed by atoms with Crippen LogP contribution in [0.4, 0.5) is 0 Å². The molecule has 0 aromatic rings. The predicted molar refractivity (Wildman–Crippen MR) is 54.9 cm³/mol. The maximum atomic E-state index is 11.4. The van der Waals surface area contributed by atoms with Crippen LogP contribution in [0.1, 0.15) is 20.3 Å². The second kappa shape index (κ2) is 5.31. The number of halogens is 2. The molecule has 5 heteroatoms. The molecule has 1 aliphatic heterocycles. The zero-order valence-corrected chi connectivity index (χ0v) is 9.72. The summed E-state index contributed by atoms with van der Waals surface area (Å²) in [6, 6.07) is 0. The number of hydrogen-bond donors (Lipinski definition) is 0. The minimum absolute atomic E-state index is 0.178. The first-order chi connectivity index (χ1) is 6.57. The highest BCUT2D eigenvalue weighted by molar-refractivity contribution is 6.38. The third-order valence-electron chi connectivity index (χ3n) is 2.04. The topological polar surface area (TPSA) is 35.5 Å². The third-order valence-corrected chi connectivity index (χ3v) is 3.11. The first-order valence-electron chi connectivity index (χ1n) is 4.66. The summed E-state index contributed by atoms with van der Waals surface area (Å²) in [4.78, 5) is 11.4. The van der Waals surface area contributed by atoms with Crippen molar-refractivity contribution in [1.82, 2.24) is 0 Å². The van der Waals surface area contributed by atoms with Crippen molar-refractivity contribution in [2.45, 2.75) is 43.4 Å². The van der Waals surface area contributed by atoms with Crippen LogP contribution in [0.15, 0.2) is 0 Å². The molecule has 82 valence electrons. The molecule has 0 aromatic carbocycles. The van der Waals surface area contributed by atoms with Gasteiger partial charge < -0.3 is 9.47 Å². The third kappa shape index (κ3) is 2.60. The summed E-state index contributed by atoms with van der Waals surface area (Å²) < 4.78 is 10.6. The van der Waals surface area contributed by atoms with Crippen molar-refractivity contribution >= 4 is 29.0 Å². The molecule has 14 heavy (non-hydrogen) atoms. The average molecular weight is 241 g/mol. The van der Waals surface area contributed by atoms with Gasteiger partial charge in [0.25, 0.3) is 0 Å². The Balaban J connectivity index is 2.56. The number of Topliss-reactive ketones (excluding diaryl/α,β-unsaturated/α-hetero) is 1. The van der Waals surface area contributed by atoms with Gasteiger partial charge in [-0.3, -0.25) is 4.79 Å². The van der Waals surface area contributed by atoms with E-state index in [1.54, 1.807) is 6.92 Å². The highest BCUT2D eigenvalue weighted by Gasteiger charge is 2.41. The Morgan fingerprint density at radius 3 is 2.71 bits per heavy atom. The van der Waals surface area contributed by atoms with Gasteiger partial charge in [-0.25, -0.2) is 0 Å². The molecule has 1 fully saturated rings. The van der Waals surface area contributed by atoms with Gasteiger partial charge in [-0.05, 0) is 13.3 Å². The lowest BCUT2D eigenvalue weighted by Crippen LogP contribution is -2.50. The van der Waals surface area contributed by atoms with Crippen molar-refractivity contribution in [1.29, 1.82) is 0 Å². The number of ketones is 1. The molecule has 4 atom stereocenters. The van der Waals surface area contributed by atoms with Crippen molar-refractivity contribution in [3.63, 3.8) is 0 Å². The summed E-state index contributed by atoms with van der Waals surface area (Å²) in [5.41, 5.74) is 0. The van der Waals surface area contributed by atoms with E-state index in [9.17, 15) is 4.79 Å². The molecule has 0 spiro atoms. The smallest absolute Gasteiger partial charge is 0.180 e. The molecule has 1 rings (SSSR count). The lowest BCUT2D eigenvalue weighted by molar-refractivity contribution is -0.189. The normalized spacial score (nSPS) is 38.7. The van der Waals surface area contributed by atoms with Crippen LogP contribution >= 0.6 is 23.2 Å². The molecular formula is C9H14Cl2O3. The van der Waals surface area contributed by atoms with Gasteiger partial charge in [0.05, 0.1) is 0 Å². The van der Waals surface area contributed by atoms with E-state index < -0.39 is 23.1 Å². The maximum absolute atomic E-state index is 11.4. The fourth-order valence-corrected chi connectivity index (χ4v) is 1.78. The van der Waals surface area contributed by atoms with Gasteiger partial charge in [0.1, 0.15) is 16.9 Å². The van der Waals surface area contributed by atoms with Crippen LogP contribution in [0.5, 0.6) is 0 Å². The minimum atomic E-state index is -0.720. The largest absolute Gasteiger partial charge is 0.351 e. The molecule has 1 heterocycles. The van der Waals surface area contributed by atoms with Gasteiger partial charge >= 0.3 is 0 Å². The molecule has 0 aliphatic carbocycles. The fourth-order valence-electron chi connectivity index (χ4n) is 1.23. The zero-order valence-electron chi connectivity index (χ0n) is 8.20. The average Bonchev–Trinajstić information content (AvgIpc) is 2.18. The van der Waals surface area contributed by atoms with E-state index in [1.165, 1.54) is 0 Å². The maximum Gasteiger partial charge on any atom is 0.180 e. The highest BCUT2D eigenvalue weighted by atomic mass is 35.5. The monoisotopic (exact) mass is 240 g/mol. The van der Waals surface area contributed by atoms with Gasteiger partial charge in [0, 0.05) is 6.61 Å². The molecule has 3 nitrogen and oxygen atoms in total. The Labute approximate surface area is 93.6 Å². The predicted octanol–water partition coefficient (Wildman–Crippen LogP) is 1.94. The van der Waals surface area contributed by atoms with E-state index in [4.69, 9.17) is 32.7 Å². The second-order valence-electron chi connectivity index (χ2n) is 3.27. The van der Waals surface area contributed by atoms with Crippen LogP contribution < -0.4 is 0 Å². The summed E-state index contributed by atoms with van der Waals surface area (Å²) in [6.45, 7) is 4.19. The Bertz CT molecular complexity index is 210. The van der Waals surface area contributed by atoms with Gasteiger partial charge in [0.15, 0.2) is 12.1 Å². The van der Waals surface area contributed by atoms with Crippen LogP contribution in [0.2, 0.25) is 0 Å². The molecule has 1 saturated heterocycles. The molecule has 0 saturated carbocycles. The molecule has 0 N–H and O–H groups in total. The van der Waals surface area contributed by atoms with Crippen molar-refractivity contribution < 1.29 is 14.3 Å². The summed E-state index contributed by atoms with van der Waals surface area (Å²) >= 11 is 11.8. The number of carbonyl (C=O) groups excluding carboxylic acids is 1. The summed E-state index contributed by atoms with van der Waals surface area (Å²) in [5.74, 6) is -0.178. The lowest BCUT2D eigenvalue weighted by Gasteiger charge is -2.33. The van der Waals surface area contributed by atoms with E-state index in [0.717, 1.165) is 6.42 Å². The Morgan fingerprint density at radius 1 is 1.50 bits per heavy atom. The minimum Gasteiger partial charge on any atom is -0.351 e. The Morgan fingerprint density at radius 2 is 2.14 bits per heavy atom. The van der Waals surface area contributed by atoms with Crippen LogP contribution in [-0.4, -0.2) is 35.5 Å². The van der Waals surface area contributed by atoms with Crippen LogP contribution in [0, 0.1) is 0 Å². The van der Waals surface area contributed by atoms with Gasteiger partial charge in [0.2, 0.25) is 0 Å². The molecular weight excluding hydrogens is 227 g/mol. The number of rotatable bonds is 3. The number of carbonyl (C=O) groups is 1. The quantitative estimate of drug-likeness (QED) is 0.708. The fraction of sp³-hybridized carbons (Fsp3) is 0.889. The summed E-state index contributed by atoms with van der Waals surface area (Å²) in [5, 5.41) is -1.32. The molecule has 0 aromatic heterocycles. The Hall–Kier alpha value is 0.170. The van der Waals surface area contributed by atoms with Crippen LogP contribution in [-0.2, 0) is 14.3 Å². The zero-order chi connectivity index (χ0) is 10.7. The molecule has 4 unspecified atom stereocenters. The standard InChI is InChI=1S/C9H14Cl2O3/c1-3-4-13-9-7(11)6(10)8(12)5(2)14-9/h5-7,9H,3-4H2,1-2H3.